The molecule has 0 saturated carbocycles. The van der Waals surface area contributed by atoms with E-state index in [9.17, 15) is 5.11 Å². The lowest BCUT2D eigenvalue weighted by Crippen LogP contribution is -1.93. The van der Waals surface area contributed by atoms with Gasteiger partial charge in [-0.2, -0.15) is 0 Å². The van der Waals surface area contributed by atoms with Gasteiger partial charge in [0.25, 0.3) is 0 Å². The first-order chi connectivity index (χ1) is 7.77. The summed E-state index contributed by atoms with van der Waals surface area (Å²) in [6.07, 6.45) is 6.76. The van der Waals surface area contributed by atoms with Crippen LogP contribution in [-0.2, 0) is 0 Å². The minimum Gasteiger partial charge on any atom is -0.497 e. The molecule has 0 radical (unpaired) electrons. The Bertz CT molecular complexity index is 314. The minimum absolute atomic E-state index is 0.511. The predicted octanol–water partition coefficient (Wildman–Crippen LogP) is 3.48. The number of aliphatic hydroxyl groups excluding tert-OH is 1. The van der Waals surface area contributed by atoms with Crippen molar-refractivity contribution in [2.24, 2.45) is 0 Å². The Hall–Kier alpha value is -1.28. The van der Waals surface area contributed by atoms with Crippen LogP contribution in [0.15, 0.2) is 36.4 Å². The summed E-state index contributed by atoms with van der Waals surface area (Å²) in [4.78, 5) is 0. The molecular weight excluding hydrogens is 200 g/mol. The molecule has 2 heteroatoms. The minimum atomic E-state index is -0.511. The molecule has 0 bridgehead atoms. The average Bonchev–Trinajstić information content (AvgIpc) is 2.34. The van der Waals surface area contributed by atoms with Crippen molar-refractivity contribution in [3.63, 3.8) is 0 Å². The molecule has 1 N–H and O–H groups in total. The zero-order chi connectivity index (χ0) is 11.8. The maximum Gasteiger partial charge on any atom is 0.118 e. The number of hydrogen-bond acceptors (Lipinski definition) is 2. The highest BCUT2D eigenvalue weighted by atomic mass is 16.5. The Morgan fingerprint density at radius 1 is 1.31 bits per heavy atom. The molecule has 0 unspecified atom stereocenters. The molecule has 0 amide bonds. The largest absolute Gasteiger partial charge is 0.497 e. The molecule has 16 heavy (non-hydrogen) atoms. The smallest absolute Gasteiger partial charge is 0.118 e. The van der Waals surface area contributed by atoms with E-state index >= 15 is 0 Å². The summed E-state index contributed by atoms with van der Waals surface area (Å²) >= 11 is 0. The van der Waals surface area contributed by atoms with Crippen molar-refractivity contribution in [3.05, 3.63) is 42.0 Å². The monoisotopic (exact) mass is 220 g/mol. The van der Waals surface area contributed by atoms with Gasteiger partial charge in [0.15, 0.2) is 0 Å². The van der Waals surface area contributed by atoms with Crippen molar-refractivity contribution in [2.75, 3.05) is 7.11 Å². The molecule has 0 aliphatic carbocycles. The lowest BCUT2D eigenvalue weighted by Gasteiger charge is -2.06. The summed E-state index contributed by atoms with van der Waals surface area (Å²) in [7, 11) is 1.64. The zero-order valence-electron chi connectivity index (χ0n) is 10.0. The van der Waals surface area contributed by atoms with Crippen molar-refractivity contribution in [3.8, 4) is 5.75 Å². The fourth-order valence-electron chi connectivity index (χ4n) is 1.46. The van der Waals surface area contributed by atoms with Crippen molar-refractivity contribution < 1.29 is 9.84 Å². The van der Waals surface area contributed by atoms with Gasteiger partial charge in [-0.15, -0.1) is 0 Å². The first-order valence-corrected chi connectivity index (χ1v) is 5.76. The number of benzene rings is 1. The van der Waals surface area contributed by atoms with Crippen LogP contribution in [0.1, 0.15) is 37.9 Å². The van der Waals surface area contributed by atoms with Crippen LogP contribution in [0.4, 0.5) is 0 Å². The normalized spacial score (nSPS) is 12.9. The van der Waals surface area contributed by atoms with E-state index in [-0.39, 0.29) is 0 Å². The van der Waals surface area contributed by atoms with E-state index < -0.39 is 6.10 Å². The highest BCUT2D eigenvalue weighted by Gasteiger charge is 2.02. The summed E-state index contributed by atoms with van der Waals surface area (Å²) in [6, 6.07) is 7.48. The second-order valence-electron chi connectivity index (χ2n) is 3.79. The maximum absolute atomic E-state index is 9.86. The number of methoxy groups -OCH3 is 1. The Morgan fingerprint density at radius 3 is 2.56 bits per heavy atom. The molecule has 0 aliphatic rings. The lowest BCUT2D eigenvalue weighted by atomic mass is 10.1. The van der Waals surface area contributed by atoms with Crippen molar-refractivity contribution in [1.29, 1.82) is 0 Å². The molecule has 0 saturated heterocycles. The van der Waals surface area contributed by atoms with E-state index in [1.807, 2.05) is 36.4 Å². The van der Waals surface area contributed by atoms with Crippen molar-refractivity contribution >= 4 is 0 Å². The van der Waals surface area contributed by atoms with Gasteiger partial charge in [-0.3, -0.25) is 0 Å². The molecule has 88 valence electrons. The molecule has 1 aromatic carbocycles. The summed E-state index contributed by atoms with van der Waals surface area (Å²) in [5.41, 5.74) is 0.897. The SMILES string of the molecule is CCCC/C=C/[C@@H](O)c1ccc(OC)cc1. The van der Waals surface area contributed by atoms with E-state index in [1.165, 1.54) is 12.8 Å². The van der Waals surface area contributed by atoms with E-state index in [4.69, 9.17) is 4.74 Å². The highest BCUT2D eigenvalue weighted by molar-refractivity contribution is 5.29. The van der Waals surface area contributed by atoms with E-state index in [0.29, 0.717) is 0 Å². The molecule has 0 aromatic heterocycles. The predicted molar refractivity (Wildman–Crippen MR) is 66.6 cm³/mol. The molecule has 0 spiro atoms. The maximum atomic E-state index is 9.86. The van der Waals surface area contributed by atoms with Gasteiger partial charge in [0, 0.05) is 0 Å². The molecule has 1 rings (SSSR count). The number of aliphatic hydroxyl groups is 1. The number of rotatable bonds is 6. The van der Waals surface area contributed by atoms with Crippen molar-refractivity contribution in [2.45, 2.75) is 32.3 Å². The van der Waals surface area contributed by atoms with Gasteiger partial charge in [-0.05, 0) is 24.1 Å². The van der Waals surface area contributed by atoms with Gasteiger partial charge in [-0.1, -0.05) is 44.1 Å². The topological polar surface area (TPSA) is 29.5 Å². The number of ether oxygens (including phenoxy) is 1. The van der Waals surface area contributed by atoms with E-state index in [1.54, 1.807) is 7.11 Å². The molecule has 2 nitrogen and oxygen atoms in total. The van der Waals surface area contributed by atoms with Crippen molar-refractivity contribution in [1.82, 2.24) is 0 Å². The van der Waals surface area contributed by atoms with Crippen LogP contribution >= 0.6 is 0 Å². The standard InChI is InChI=1S/C14H20O2/c1-3-4-5-6-7-14(15)12-8-10-13(16-2)11-9-12/h6-11,14-15H,3-5H2,1-2H3/b7-6+/t14-/m1/s1. The zero-order valence-corrected chi connectivity index (χ0v) is 10.0. The lowest BCUT2D eigenvalue weighted by molar-refractivity contribution is 0.228. The van der Waals surface area contributed by atoms with Crippen LogP contribution in [0.2, 0.25) is 0 Å². The molecule has 0 aliphatic heterocycles. The van der Waals surface area contributed by atoms with Crippen LogP contribution in [0.25, 0.3) is 0 Å². The van der Waals surface area contributed by atoms with E-state index in [2.05, 4.69) is 6.92 Å². The number of allylic oxidation sites excluding steroid dienone is 1. The molecule has 1 atom stereocenters. The van der Waals surface area contributed by atoms with Gasteiger partial charge in [0.2, 0.25) is 0 Å². The molecule has 0 fully saturated rings. The fourth-order valence-corrected chi connectivity index (χ4v) is 1.46. The summed E-state index contributed by atoms with van der Waals surface area (Å²) < 4.78 is 5.06. The Balaban J connectivity index is 2.51. The Morgan fingerprint density at radius 2 is 2.00 bits per heavy atom. The van der Waals surface area contributed by atoms with Gasteiger partial charge < -0.3 is 9.84 Å². The molecular formula is C14H20O2. The van der Waals surface area contributed by atoms with Crippen LogP contribution < -0.4 is 4.74 Å². The Labute approximate surface area is 97.6 Å². The number of unbranched alkanes of at least 4 members (excludes halogenated alkanes) is 2. The third kappa shape index (κ3) is 4.07. The molecule has 0 heterocycles. The summed E-state index contributed by atoms with van der Waals surface area (Å²) in [6.45, 7) is 2.16. The van der Waals surface area contributed by atoms with Gasteiger partial charge in [0.1, 0.15) is 5.75 Å². The average molecular weight is 220 g/mol. The van der Waals surface area contributed by atoms with Crippen LogP contribution in [-0.4, -0.2) is 12.2 Å². The molecule has 1 aromatic rings. The summed E-state index contributed by atoms with van der Waals surface area (Å²) in [5, 5.41) is 9.86. The third-order valence-corrected chi connectivity index (χ3v) is 2.50. The fraction of sp³-hybridized carbons (Fsp3) is 0.429. The highest BCUT2D eigenvalue weighted by Crippen LogP contribution is 2.18. The van der Waals surface area contributed by atoms with Gasteiger partial charge >= 0.3 is 0 Å². The summed E-state index contributed by atoms with van der Waals surface area (Å²) in [5.74, 6) is 0.811. The first kappa shape index (κ1) is 12.8. The van der Waals surface area contributed by atoms with Gasteiger partial charge in [-0.25, -0.2) is 0 Å². The second kappa shape index (κ2) is 7.07. The van der Waals surface area contributed by atoms with E-state index in [0.717, 1.165) is 17.7 Å². The van der Waals surface area contributed by atoms with Crippen LogP contribution in [0.5, 0.6) is 5.75 Å². The van der Waals surface area contributed by atoms with Gasteiger partial charge in [0.05, 0.1) is 13.2 Å². The second-order valence-corrected chi connectivity index (χ2v) is 3.79. The quantitative estimate of drug-likeness (QED) is 0.587. The third-order valence-electron chi connectivity index (χ3n) is 2.50. The van der Waals surface area contributed by atoms with Crippen LogP contribution in [0, 0.1) is 0 Å². The van der Waals surface area contributed by atoms with Crippen LogP contribution in [0.3, 0.4) is 0 Å². The Kier molecular flexibility index (Phi) is 5.65. The first-order valence-electron chi connectivity index (χ1n) is 5.76. The number of hydrogen-bond donors (Lipinski definition) is 1.